The second-order valence-corrected chi connectivity index (χ2v) is 4.14. The molecule has 1 aromatic heterocycles. The van der Waals surface area contributed by atoms with Gasteiger partial charge in [-0.2, -0.15) is 0 Å². The monoisotopic (exact) mass is 246 g/mol. The number of imidazole rings is 1. The fourth-order valence-electron chi connectivity index (χ4n) is 2.19. The molecular weight excluding hydrogens is 228 g/mol. The average molecular weight is 246 g/mol. The Labute approximate surface area is 107 Å². The number of rotatable bonds is 4. The maximum Gasteiger partial charge on any atom is 0.165 e. The number of aromatic nitrogens is 2. The van der Waals surface area contributed by atoms with Crippen LogP contribution in [0.15, 0.2) is 30.6 Å². The molecule has 1 heterocycles. The zero-order valence-electron chi connectivity index (χ0n) is 11.2. The average Bonchev–Trinajstić information content (AvgIpc) is 2.83. The molecule has 0 aliphatic rings. The Morgan fingerprint density at radius 2 is 2.00 bits per heavy atom. The molecule has 4 heteroatoms. The molecule has 0 bridgehead atoms. The van der Waals surface area contributed by atoms with Crippen LogP contribution in [0.3, 0.4) is 0 Å². The number of ether oxygens (including phenoxy) is 2. The molecule has 0 aliphatic heterocycles. The first-order valence-corrected chi connectivity index (χ1v) is 5.89. The summed E-state index contributed by atoms with van der Waals surface area (Å²) >= 11 is 0. The van der Waals surface area contributed by atoms with Crippen LogP contribution in [0.5, 0.6) is 11.5 Å². The van der Waals surface area contributed by atoms with Crippen molar-refractivity contribution < 1.29 is 9.47 Å². The molecule has 0 fully saturated rings. The van der Waals surface area contributed by atoms with Crippen LogP contribution in [-0.4, -0.2) is 23.8 Å². The Hall–Kier alpha value is -1.97. The van der Waals surface area contributed by atoms with Gasteiger partial charge in [0.2, 0.25) is 0 Å². The van der Waals surface area contributed by atoms with Crippen molar-refractivity contribution in [3.8, 4) is 11.5 Å². The second-order valence-electron chi connectivity index (χ2n) is 4.14. The lowest BCUT2D eigenvalue weighted by Crippen LogP contribution is -2.09. The van der Waals surface area contributed by atoms with E-state index in [9.17, 15) is 0 Å². The molecule has 2 aromatic rings. The maximum atomic E-state index is 5.47. The molecule has 4 nitrogen and oxygen atoms in total. The molecule has 0 aliphatic carbocycles. The van der Waals surface area contributed by atoms with Gasteiger partial charge < -0.3 is 14.0 Å². The van der Waals surface area contributed by atoms with E-state index < -0.39 is 0 Å². The zero-order chi connectivity index (χ0) is 13.1. The van der Waals surface area contributed by atoms with Gasteiger partial charge in [0.1, 0.15) is 5.82 Å². The molecule has 0 spiro atoms. The standard InChI is InChI=1S/C14H18N2O2/c1-10(16-9-8-15-11(16)2)12-6-5-7-13(17-3)14(12)18-4/h5-10H,1-4H3. The Morgan fingerprint density at radius 1 is 1.22 bits per heavy atom. The zero-order valence-corrected chi connectivity index (χ0v) is 11.2. The Morgan fingerprint density at radius 3 is 2.56 bits per heavy atom. The van der Waals surface area contributed by atoms with Crippen molar-refractivity contribution in [3.05, 3.63) is 42.0 Å². The lowest BCUT2D eigenvalue weighted by Gasteiger charge is -2.20. The largest absolute Gasteiger partial charge is 0.493 e. The van der Waals surface area contributed by atoms with Crippen molar-refractivity contribution in [1.29, 1.82) is 0 Å². The summed E-state index contributed by atoms with van der Waals surface area (Å²) in [6, 6.07) is 6.07. The highest BCUT2D eigenvalue weighted by Gasteiger charge is 2.17. The van der Waals surface area contributed by atoms with Crippen LogP contribution in [0.1, 0.15) is 24.4 Å². The summed E-state index contributed by atoms with van der Waals surface area (Å²) in [6.45, 7) is 4.11. The van der Waals surface area contributed by atoms with Crippen molar-refractivity contribution in [2.45, 2.75) is 19.9 Å². The topological polar surface area (TPSA) is 36.3 Å². The molecule has 1 atom stereocenters. The van der Waals surface area contributed by atoms with E-state index >= 15 is 0 Å². The summed E-state index contributed by atoms with van der Waals surface area (Å²) in [7, 11) is 3.31. The highest BCUT2D eigenvalue weighted by atomic mass is 16.5. The molecule has 0 radical (unpaired) electrons. The number of para-hydroxylation sites is 1. The van der Waals surface area contributed by atoms with Crippen molar-refractivity contribution in [1.82, 2.24) is 9.55 Å². The normalized spacial score (nSPS) is 12.2. The molecule has 18 heavy (non-hydrogen) atoms. The van der Waals surface area contributed by atoms with Crippen LogP contribution in [0.2, 0.25) is 0 Å². The maximum absolute atomic E-state index is 5.47. The van der Waals surface area contributed by atoms with E-state index in [4.69, 9.17) is 9.47 Å². The number of methoxy groups -OCH3 is 2. The fraction of sp³-hybridized carbons (Fsp3) is 0.357. The van der Waals surface area contributed by atoms with Gasteiger partial charge in [0.25, 0.3) is 0 Å². The van der Waals surface area contributed by atoms with Crippen LogP contribution in [0.25, 0.3) is 0 Å². The number of aryl methyl sites for hydroxylation is 1. The van der Waals surface area contributed by atoms with Crippen LogP contribution < -0.4 is 9.47 Å². The van der Waals surface area contributed by atoms with E-state index in [0.717, 1.165) is 22.9 Å². The van der Waals surface area contributed by atoms with Gasteiger partial charge in [-0.05, 0) is 19.9 Å². The molecule has 0 amide bonds. The van der Waals surface area contributed by atoms with Crippen molar-refractivity contribution >= 4 is 0 Å². The summed E-state index contributed by atoms with van der Waals surface area (Å²) in [6.07, 6.45) is 3.78. The molecule has 0 N–H and O–H groups in total. The number of hydrogen-bond acceptors (Lipinski definition) is 3. The van der Waals surface area contributed by atoms with Gasteiger partial charge in [-0.15, -0.1) is 0 Å². The minimum Gasteiger partial charge on any atom is -0.493 e. The summed E-state index contributed by atoms with van der Waals surface area (Å²) in [5.74, 6) is 2.51. The van der Waals surface area contributed by atoms with Gasteiger partial charge in [-0.25, -0.2) is 4.98 Å². The minimum atomic E-state index is 0.151. The van der Waals surface area contributed by atoms with Gasteiger partial charge >= 0.3 is 0 Å². The first-order valence-electron chi connectivity index (χ1n) is 5.89. The lowest BCUT2D eigenvalue weighted by atomic mass is 10.1. The van der Waals surface area contributed by atoms with E-state index in [1.54, 1.807) is 20.4 Å². The molecule has 1 unspecified atom stereocenters. The summed E-state index contributed by atoms with van der Waals surface area (Å²) in [4.78, 5) is 4.25. The Kier molecular flexibility index (Phi) is 3.55. The third-order valence-corrected chi connectivity index (χ3v) is 3.16. The Bertz CT molecular complexity index is 534. The first-order chi connectivity index (χ1) is 8.69. The highest BCUT2D eigenvalue weighted by molar-refractivity contribution is 5.48. The lowest BCUT2D eigenvalue weighted by molar-refractivity contribution is 0.348. The molecule has 96 valence electrons. The van der Waals surface area contributed by atoms with Gasteiger partial charge in [-0.1, -0.05) is 12.1 Å². The number of hydrogen-bond donors (Lipinski definition) is 0. The quantitative estimate of drug-likeness (QED) is 0.832. The van der Waals surface area contributed by atoms with Crippen molar-refractivity contribution in [2.75, 3.05) is 14.2 Å². The first kappa shape index (κ1) is 12.5. The predicted molar refractivity (Wildman–Crippen MR) is 70.3 cm³/mol. The number of nitrogens with zero attached hydrogens (tertiary/aromatic N) is 2. The summed E-state index contributed by atoms with van der Waals surface area (Å²) in [5, 5.41) is 0. The third kappa shape index (κ3) is 2.06. The van der Waals surface area contributed by atoms with Crippen molar-refractivity contribution in [3.63, 3.8) is 0 Å². The molecule has 0 saturated carbocycles. The fourth-order valence-corrected chi connectivity index (χ4v) is 2.19. The summed E-state index contributed by atoms with van der Waals surface area (Å²) in [5.41, 5.74) is 1.08. The third-order valence-electron chi connectivity index (χ3n) is 3.16. The van der Waals surface area contributed by atoms with Crippen LogP contribution in [0, 0.1) is 6.92 Å². The molecular formula is C14H18N2O2. The van der Waals surface area contributed by atoms with Crippen LogP contribution in [0.4, 0.5) is 0 Å². The van der Waals surface area contributed by atoms with Gasteiger partial charge in [0, 0.05) is 18.0 Å². The van der Waals surface area contributed by atoms with E-state index in [-0.39, 0.29) is 6.04 Å². The smallest absolute Gasteiger partial charge is 0.165 e. The SMILES string of the molecule is COc1cccc(C(C)n2ccnc2C)c1OC. The van der Waals surface area contributed by atoms with Crippen LogP contribution >= 0.6 is 0 Å². The van der Waals surface area contributed by atoms with Crippen LogP contribution in [-0.2, 0) is 0 Å². The van der Waals surface area contributed by atoms with Gasteiger partial charge in [-0.3, -0.25) is 0 Å². The second kappa shape index (κ2) is 5.12. The Balaban J connectivity index is 2.48. The predicted octanol–water partition coefficient (Wildman–Crippen LogP) is 2.82. The molecule has 1 aromatic carbocycles. The minimum absolute atomic E-state index is 0.151. The van der Waals surface area contributed by atoms with E-state index in [2.05, 4.69) is 16.5 Å². The van der Waals surface area contributed by atoms with Gasteiger partial charge in [0.05, 0.1) is 20.3 Å². The van der Waals surface area contributed by atoms with E-state index in [1.807, 2.05) is 31.3 Å². The number of benzene rings is 1. The van der Waals surface area contributed by atoms with Gasteiger partial charge in [0.15, 0.2) is 11.5 Å². The van der Waals surface area contributed by atoms with E-state index in [0.29, 0.717) is 0 Å². The molecule has 0 saturated heterocycles. The molecule has 2 rings (SSSR count). The van der Waals surface area contributed by atoms with Crippen molar-refractivity contribution in [2.24, 2.45) is 0 Å². The van der Waals surface area contributed by atoms with E-state index in [1.165, 1.54) is 0 Å². The summed E-state index contributed by atoms with van der Waals surface area (Å²) < 4.78 is 12.9. The highest BCUT2D eigenvalue weighted by Crippen LogP contribution is 2.36.